The van der Waals surface area contributed by atoms with Crippen molar-refractivity contribution in [2.45, 2.75) is 54.5 Å². The van der Waals surface area contributed by atoms with Gasteiger partial charge in [0.05, 0.1) is 9.79 Å². The van der Waals surface area contributed by atoms with E-state index in [1.165, 1.54) is 24.3 Å². The van der Waals surface area contributed by atoms with Crippen LogP contribution in [0.3, 0.4) is 0 Å². The molecule has 1 unspecified atom stereocenters. The number of nitrogens with zero attached hydrogens (tertiary/aromatic N) is 1. The van der Waals surface area contributed by atoms with Gasteiger partial charge >= 0.3 is 15.6 Å². The van der Waals surface area contributed by atoms with E-state index in [4.69, 9.17) is 0 Å². The van der Waals surface area contributed by atoms with Crippen molar-refractivity contribution in [3.05, 3.63) is 71.5 Å². The van der Waals surface area contributed by atoms with Gasteiger partial charge in [0, 0.05) is 12.5 Å². The van der Waals surface area contributed by atoms with Crippen molar-refractivity contribution in [1.82, 2.24) is 4.72 Å². The first-order valence-electron chi connectivity index (χ1n) is 10.3. The Labute approximate surface area is 202 Å². The lowest BCUT2D eigenvalue weighted by molar-refractivity contribution is -0.0524. The van der Waals surface area contributed by atoms with Crippen LogP contribution in [-0.2, 0) is 34.2 Å². The molecule has 1 N–H and O–H groups in total. The third kappa shape index (κ3) is 6.63. The van der Waals surface area contributed by atoms with E-state index in [0.29, 0.717) is 0 Å². The fourth-order valence-electron chi connectivity index (χ4n) is 3.19. The van der Waals surface area contributed by atoms with Crippen LogP contribution in [0.1, 0.15) is 30.4 Å². The zero-order valence-electron chi connectivity index (χ0n) is 18.7. The van der Waals surface area contributed by atoms with Gasteiger partial charge in [0.25, 0.3) is 10.0 Å². The minimum atomic E-state index is -5.88. The average molecular weight is 553 g/mol. The quantitative estimate of drug-likeness (QED) is 0.404. The number of aryl methyl sites for hydroxylation is 2. The minimum absolute atomic E-state index is 0.0307. The molecule has 0 bridgehead atoms. The van der Waals surface area contributed by atoms with Crippen LogP contribution in [0.5, 0.6) is 0 Å². The number of nitrogens with one attached hydrogen (secondary N) is 1. The Morgan fingerprint density at radius 2 is 1.40 bits per heavy atom. The van der Waals surface area contributed by atoms with Crippen molar-refractivity contribution < 1.29 is 38.4 Å². The number of allylic oxidation sites excluding steroid dienone is 1. The zero-order chi connectivity index (χ0) is 26.1. The molecular weight excluding hydrogens is 529 g/mol. The maximum absolute atomic E-state index is 13.9. The summed E-state index contributed by atoms with van der Waals surface area (Å²) in [4.78, 5) is -0.160. The lowest BCUT2D eigenvalue weighted by atomic mass is 10.0. The van der Waals surface area contributed by atoms with Crippen molar-refractivity contribution in [3.8, 4) is 0 Å². The van der Waals surface area contributed by atoms with Crippen molar-refractivity contribution in [3.63, 3.8) is 0 Å². The van der Waals surface area contributed by atoms with Crippen LogP contribution in [0.15, 0.2) is 73.9 Å². The molecule has 0 spiro atoms. The van der Waals surface area contributed by atoms with Gasteiger partial charge in [-0.25, -0.2) is 8.93 Å². The number of hydrogen-bond acceptors (Lipinski definition) is 6. The molecule has 0 radical (unpaired) electrons. The molecule has 2 aromatic rings. The second-order valence-corrected chi connectivity index (χ2v) is 13.2. The zero-order valence-corrected chi connectivity index (χ0v) is 21.1. The molecule has 8 nitrogen and oxygen atoms in total. The molecule has 192 valence electrons. The van der Waals surface area contributed by atoms with Crippen LogP contribution in [0.2, 0.25) is 0 Å². The second kappa shape index (κ2) is 9.91. The van der Waals surface area contributed by atoms with Gasteiger partial charge in [-0.15, -0.1) is 0 Å². The van der Waals surface area contributed by atoms with E-state index in [-0.39, 0.29) is 29.1 Å². The fourth-order valence-corrected chi connectivity index (χ4v) is 7.39. The molecule has 0 saturated carbocycles. The number of hydrogen-bond donors (Lipinski definition) is 1. The van der Waals surface area contributed by atoms with Crippen LogP contribution in [0, 0.1) is 13.8 Å². The smallest absolute Gasteiger partial charge is 0.381 e. The lowest BCUT2D eigenvalue weighted by Crippen LogP contribution is -2.36. The monoisotopic (exact) mass is 552 g/mol. The largest absolute Gasteiger partial charge is 0.534 e. The normalized spacial score (nSPS) is 18.9. The lowest BCUT2D eigenvalue weighted by Gasteiger charge is -2.24. The highest BCUT2D eigenvalue weighted by Gasteiger charge is 2.49. The molecule has 0 aromatic heterocycles. The number of halogens is 3. The van der Waals surface area contributed by atoms with Gasteiger partial charge in [0.15, 0.2) is 9.92 Å². The number of benzene rings is 2. The highest BCUT2D eigenvalue weighted by molar-refractivity contribution is 8.02. The predicted octanol–water partition coefficient (Wildman–Crippen LogP) is 4.33. The van der Waals surface area contributed by atoms with Crippen LogP contribution in [0.4, 0.5) is 13.2 Å². The number of sulfonamides is 1. The molecule has 0 fully saturated rings. The highest BCUT2D eigenvalue weighted by atomic mass is 32.3. The van der Waals surface area contributed by atoms with Crippen molar-refractivity contribution in [2.75, 3.05) is 0 Å². The first kappa shape index (κ1) is 27.2. The van der Waals surface area contributed by atoms with Gasteiger partial charge in [0.2, 0.25) is 0 Å². The van der Waals surface area contributed by atoms with Gasteiger partial charge in [0.1, 0.15) is 5.76 Å². The summed E-state index contributed by atoms with van der Waals surface area (Å²) < 4.78 is 111. The first-order chi connectivity index (χ1) is 16.1. The summed E-state index contributed by atoms with van der Waals surface area (Å²) in [6, 6.07) is 10.8. The van der Waals surface area contributed by atoms with Crippen LogP contribution in [0.25, 0.3) is 0 Å². The fraction of sp³-hybridized carbons (Fsp3) is 0.333. The van der Waals surface area contributed by atoms with Crippen molar-refractivity contribution in [2.24, 2.45) is 3.77 Å². The summed E-state index contributed by atoms with van der Waals surface area (Å²) in [5.41, 5.74) is -4.00. The van der Waals surface area contributed by atoms with E-state index in [1.54, 1.807) is 38.1 Å². The average Bonchev–Trinajstić information content (AvgIpc) is 2.73. The SMILES string of the molecule is Cc1ccc(S(=O)(=O)N=S(=O)(N[C@H]2C=C(OS(=O)(=O)C(F)(F)F)CCC2)c2ccc(C)cc2)cc1. The standard InChI is InChI=1S/C21H23F3N2O6S3/c1-15-6-10-19(11-7-15)33(27,26-34(28,29)20-12-8-16(2)9-13-20)25-17-4-3-5-18(14-17)32-35(30,31)21(22,23)24/h6-14,17H,3-5H2,1-2H3,(H,25,26,27)/t17-,33?/m1/s1. The maximum atomic E-state index is 13.9. The van der Waals surface area contributed by atoms with E-state index in [0.717, 1.165) is 17.2 Å². The summed E-state index contributed by atoms with van der Waals surface area (Å²) >= 11 is 0. The van der Waals surface area contributed by atoms with E-state index < -0.39 is 47.4 Å². The molecule has 1 aliphatic rings. The summed E-state index contributed by atoms with van der Waals surface area (Å²) in [7, 11) is -14.2. The number of rotatable bonds is 7. The molecule has 0 heterocycles. The van der Waals surface area contributed by atoms with Gasteiger partial charge in [-0.1, -0.05) is 39.2 Å². The molecule has 3 rings (SSSR count). The van der Waals surface area contributed by atoms with Crippen molar-refractivity contribution >= 4 is 30.1 Å². The Kier molecular flexibility index (Phi) is 7.70. The summed E-state index contributed by atoms with van der Waals surface area (Å²) in [6.07, 6.45) is 1.37. The molecule has 0 amide bonds. The minimum Gasteiger partial charge on any atom is -0.381 e. The Balaban J connectivity index is 2.04. The third-order valence-corrected chi connectivity index (χ3v) is 10.0. The topological polar surface area (TPSA) is 119 Å². The first-order valence-corrected chi connectivity index (χ1v) is 14.6. The molecular formula is C21H23F3N2O6S3. The van der Waals surface area contributed by atoms with E-state index in [2.05, 4.69) is 12.7 Å². The van der Waals surface area contributed by atoms with E-state index in [9.17, 15) is 34.2 Å². The number of alkyl halides is 3. The van der Waals surface area contributed by atoms with Gasteiger partial charge in [-0.2, -0.15) is 30.0 Å². The van der Waals surface area contributed by atoms with E-state index >= 15 is 0 Å². The van der Waals surface area contributed by atoms with Crippen LogP contribution >= 0.6 is 0 Å². The predicted molar refractivity (Wildman–Crippen MR) is 123 cm³/mol. The Hall–Kier alpha value is -2.42. The molecule has 1 aliphatic carbocycles. The molecule has 2 atom stereocenters. The Bertz CT molecular complexity index is 1440. The molecule has 14 heteroatoms. The van der Waals surface area contributed by atoms with Crippen LogP contribution < -0.4 is 4.72 Å². The molecule has 0 aliphatic heterocycles. The highest BCUT2D eigenvalue weighted by Crippen LogP contribution is 2.30. The Morgan fingerprint density at radius 3 is 1.91 bits per heavy atom. The molecule has 35 heavy (non-hydrogen) atoms. The summed E-state index contributed by atoms with van der Waals surface area (Å²) in [6.45, 7) is 3.53. The molecule has 2 aromatic carbocycles. The maximum Gasteiger partial charge on any atom is 0.534 e. The Morgan fingerprint density at radius 1 is 0.886 bits per heavy atom. The summed E-state index contributed by atoms with van der Waals surface area (Å²) in [5.74, 6) is -0.488. The van der Waals surface area contributed by atoms with Crippen molar-refractivity contribution in [1.29, 1.82) is 0 Å². The van der Waals surface area contributed by atoms with Crippen LogP contribution in [-0.4, -0.2) is 32.6 Å². The van der Waals surface area contributed by atoms with Gasteiger partial charge in [-0.3, -0.25) is 0 Å². The third-order valence-electron chi connectivity index (χ3n) is 5.00. The second-order valence-electron chi connectivity index (χ2n) is 7.93. The van der Waals surface area contributed by atoms with Gasteiger partial charge < -0.3 is 4.18 Å². The van der Waals surface area contributed by atoms with Gasteiger partial charge in [-0.05, 0) is 57.0 Å². The summed E-state index contributed by atoms with van der Waals surface area (Å²) in [5, 5.41) is 0. The van der Waals surface area contributed by atoms with E-state index in [1.807, 2.05) is 0 Å². The molecule has 0 saturated heterocycles.